The molecule has 5 nitrogen and oxygen atoms in total. The molecule has 0 amide bonds. The van der Waals surface area contributed by atoms with Crippen molar-refractivity contribution in [1.29, 1.82) is 0 Å². The van der Waals surface area contributed by atoms with Gasteiger partial charge in [-0.1, -0.05) is 17.3 Å². The number of Topliss-reactive ketones (excluding diaryl/α,β-unsaturated/α-hetero) is 1. The van der Waals surface area contributed by atoms with Gasteiger partial charge in [0.15, 0.2) is 6.61 Å². The number of aromatic nitrogens is 1. The van der Waals surface area contributed by atoms with Crippen LogP contribution in [0.5, 0.6) is 5.75 Å². The number of benzene rings is 2. The van der Waals surface area contributed by atoms with Crippen LogP contribution in [0.2, 0.25) is 0 Å². The van der Waals surface area contributed by atoms with E-state index in [1.165, 1.54) is 12.1 Å². The van der Waals surface area contributed by atoms with Crippen molar-refractivity contribution in [2.24, 2.45) is 5.16 Å². The summed E-state index contributed by atoms with van der Waals surface area (Å²) in [5, 5.41) is 3.90. The quantitative estimate of drug-likeness (QED) is 0.259. The van der Waals surface area contributed by atoms with Gasteiger partial charge in [-0.05, 0) is 80.8 Å². The highest BCUT2D eigenvalue weighted by atomic mass is 19.1. The molecule has 0 fully saturated rings. The fourth-order valence-electron chi connectivity index (χ4n) is 3.41. The standard InChI is InChI=1S/C25H27FN2O3/c1-4-30-23-11-7-21(8-12-23)16-27-31-17-25(29)24-15-18(2)28(19(24)3)14-13-20-5-9-22(26)10-6-20/h5-12,15-16H,4,13-14,17H2,1-3H3/b27-16-. The van der Waals surface area contributed by atoms with Crippen molar-refractivity contribution >= 4 is 12.0 Å². The second-order valence-corrected chi connectivity index (χ2v) is 7.25. The molecule has 3 rings (SSSR count). The van der Waals surface area contributed by atoms with Crippen molar-refractivity contribution < 1.29 is 18.8 Å². The highest BCUT2D eigenvalue weighted by Crippen LogP contribution is 2.17. The number of ether oxygens (including phenoxy) is 1. The molecule has 1 heterocycles. The number of carbonyl (C=O) groups is 1. The lowest BCUT2D eigenvalue weighted by molar-refractivity contribution is 0.0778. The lowest BCUT2D eigenvalue weighted by atomic mass is 10.1. The van der Waals surface area contributed by atoms with Crippen LogP contribution in [0.1, 0.15) is 39.8 Å². The van der Waals surface area contributed by atoms with Gasteiger partial charge in [-0.3, -0.25) is 4.79 Å². The highest BCUT2D eigenvalue weighted by Gasteiger charge is 2.16. The van der Waals surface area contributed by atoms with Crippen LogP contribution in [0.4, 0.5) is 4.39 Å². The van der Waals surface area contributed by atoms with Crippen LogP contribution < -0.4 is 4.74 Å². The van der Waals surface area contributed by atoms with E-state index >= 15 is 0 Å². The predicted octanol–water partition coefficient (Wildman–Crippen LogP) is 5.12. The van der Waals surface area contributed by atoms with Crippen LogP contribution in [0.25, 0.3) is 0 Å². The molecule has 2 aromatic carbocycles. The number of nitrogens with zero attached hydrogens (tertiary/aromatic N) is 2. The van der Waals surface area contributed by atoms with Crippen molar-refractivity contribution in [3.8, 4) is 5.75 Å². The van der Waals surface area contributed by atoms with Gasteiger partial charge in [-0.2, -0.15) is 0 Å². The van der Waals surface area contributed by atoms with E-state index in [2.05, 4.69) is 9.72 Å². The second-order valence-electron chi connectivity index (χ2n) is 7.25. The highest BCUT2D eigenvalue weighted by molar-refractivity contribution is 5.98. The first-order valence-electron chi connectivity index (χ1n) is 10.3. The Hall–Kier alpha value is -3.41. The monoisotopic (exact) mass is 422 g/mol. The Morgan fingerprint density at radius 2 is 1.81 bits per heavy atom. The number of oxime groups is 1. The van der Waals surface area contributed by atoms with E-state index < -0.39 is 0 Å². The lowest BCUT2D eigenvalue weighted by Gasteiger charge is -2.10. The van der Waals surface area contributed by atoms with Crippen molar-refractivity contribution in [3.05, 3.63) is 88.5 Å². The van der Waals surface area contributed by atoms with Crippen LogP contribution in [0, 0.1) is 19.7 Å². The molecule has 0 saturated heterocycles. The zero-order valence-corrected chi connectivity index (χ0v) is 18.1. The van der Waals surface area contributed by atoms with Gasteiger partial charge in [0.2, 0.25) is 5.78 Å². The molecule has 0 atom stereocenters. The SMILES string of the molecule is CCOc1ccc(/C=N\OCC(=O)c2cc(C)n(CCc3ccc(F)cc3)c2C)cc1. The number of carbonyl (C=O) groups excluding carboxylic acids is 1. The van der Waals surface area contributed by atoms with Gasteiger partial charge >= 0.3 is 0 Å². The van der Waals surface area contributed by atoms with Crippen LogP contribution in [-0.4, -0.2) is 29.8 Å². The first-order valence-corrected chi connectivity index (χ1v) is 10.3. The minimum atomic E-state index is -0.241. The molecule has 0 unspecified atom stereocenters. The van der Waals surface area contributed by atoms with Gasteiger partial charge < -0.3 is 14.1 Å². The topological polar surface area (TPSA) is 52.8 Å². The first kappa shape index (κ1) is 22.3. The molecular formula is C25H27FN2O3. The molecule has 31 heavy (non-hydrogen) atoms. The van der Waals surface area contributed by atoms with E-state index in [0.717, 1.165) is 34.7 Å². The van der Waals surface area contributed by atoms with Crippen LogP contribution in [0.15, 0.2) is 59.8 Å². The summed E-state index contributed by atoms with van der Waals surface area (Å²) in [6, 6.07) is 15.8. The molecule has 0 bridgehead atoms. The van der Waals surface area contributed by atoms with Gasteiger partial charge in [0.25, 0.3) is 0 Å². The summed E-state index contributed by atoms with van der Waals surface area (Å²) in [5.41, 5.74) is 4.43. The third-order valence-electron chi connectivity index (χ3n) is 5.07. The Labute approximate surface area is 182 Å². The van der Waals surface area contributed by atoms with Gasteiger partial charge in [0.05, 0.1) is 12.8 Å². The molecule has 6 heteroatoms. The molecule has 162 valence electrons. The molecule has 0 radical (unpaired) electrons. The minimum Gasteiger partial charge on any atom is -0.494 e. The van der Waals surface area contributed by atoms with Gasteiger partial charge in [0.1, 0.15) is 11.6 Å². The summed E-state index contributed by atoms with van der Waals surface area (Å²) < 4.78 is 20.6. The lowest BCUT2D eigenvalue weighted by Crippen LogP contribution is -2.10. The molecule has 0 aliphatic carbocycles. The summed E-state index contributed by atoms with van der Waals surface area (Å²) in [6.45, 7) is 7.03. The molecule has 0 aliphatic rings. The Balaban J connectivity index is 1.55. The molecule has 0 saturated carbocycles. The maximum atomic E-state index is 13.1. The molecule has 0 N–H and O–H groups in total. The molecule has 0 aliphatic heterocycles. The predicted molar refractivity (Wildman–Crippen MR) is 119 cm³/mol. The average Bonchev–Trinajstić information content (AvgIpc) is 3.05. The summed E-state index contributed by atoms with van der Waals surface area (Å²) in [6.07, 6.45) is 2.32. The molecular weight excluding hydrogens is 395 g/mol. The van der Waals surface area contributed by atoms with E-state index in [4.69, 9.17) is 9.57 Å². The van der Waals surface area contributed by atoms with E-state index in [9.17, 15) is 9.18 Å². The number of hydrogen-bond donors (Lipinski definition) is 0. The third kappa shape index (κ3) is 6.04. The van der Waals surface area contributed by atoms with Gasteiger partial charge in [-0.15, -0.1) is 0 Å². The largest absolute Gasteiger partial charge is 0.494 e. The van der Waals surface area contributed by atoms with E-state index in [1.807, 2.05) is 51.1 Å². The third-order valence-corrected chi connectivity index (χ3v) is 5.07. The second kappa shape index (κ2) is 10.6. The van der Waals surface area contributed by atoms with E-state index in [-0.39, 0.29) is 18.2 Å². The number of rotatable bonds is 10. The smallest absolute Gasteiger partial charge is 0.204 e. The Kier molecular flexibility index (Phi) is 7.60. The van der Waals surface area contributed by atoms with Crippen LogP contribution >= 0.6 is 0 Å². The van der Waals surface area contributed by atoms with Crippen molar-refractivity contribution in [1.82, 2.24) is 4.57 Å². The van der Waals surface area contributed by atoms with Crippen LogP contribution in [0.3, 0.4) is 0 Å². The van der Waals surface area contributed by atoms with E-state index in [1.54, 1.807) is 18.3 Å². The van der Waals surface area contributed by atoms with Gasteiger partial charge in [0, 0.05) is 23.5 Å². The fourth-order valence-corrected chi connectivity index (χ4v) is 3.41. The van der Waals surface area contributed by atoms with Crippen LogP contribution in [-0.2, 0) is 17.8 Å². The minimum absolute atomic E-state index is 0.120. The average molecular weight is 423 g/mol. The fraction of sp³-hybridized carbons (Fsp3) is 0.280. The number of aryl methyl sites for hydroxylation is 2. The number of halogens is 1. The molecule has 0 spiro atoms. The summed E-state index contributed by atoms with van der Waals surface area (Å²) in [4.78, 5) is 17.8. The van der Waals surface area contributed by atoms with Crippen molar-refractivity contribution in [3.63, 3.8) is 0 Å². The number of hydrogen-bond acceptors (Lipinski definition) is 4. The first-order chi connectivity index (χ1) is 15.0. The molecule has 3 aromatic rings. The van der Waals surface area contributed by atoms with Gasteiger partial charge in [-0.25, -0.2) is 4.39 Å². The Bertz CT molecular complexity index is 1040. The number of ketones is 1. The maximum Gasteiger partial charge on any atom is 0.204 e. The summed E-state index contributed by atoms with van der Waals surface area (Å²) in [7, 11) is 0. The summed E-state index contributed by atoms with van der Waals surface area (Å²) >= 11 is 0. The Morgan fingerprint density at radius 3 is 2.48 bits per heavy atom. The Morgan fingerprint density at radius 1 is 1.10 bits per heavy atom. The zero-order valence-electron chi connectivity index (χ0n) is 18.1. The zero-order chi connectivity index (χ0) is 22.2. The maximum absolute atomic E-state index is 13.1. The molecule has 1 aromatic heterocycles. The van der Waals surface area contributed by atoms with Crippen molar-refractivity contribution in [2.45, 2.75) is 33.7 Å². The van der Waals surface area contributed by atoms with E-state index in [0.29, 0.717) is 18.7 Å². The van der Waals surface area contributed by atoms with Crippen molar-refractivity contribution in [2.75, 3.05) is 13.2 Å². The summed E-state index contributed by atoms with van der Waals surface area (Å²) in [5.74, 6) is 0.436. The normalized spacial score (nSPS) is 11.1.